The van der Waals surface area contributed by atoms with E-state index in [0.29, 0.717) is 5.92 Å². The molecule has 0 N–H and O–H groups in total. The molecule has 0 aromatic carbocycles. The van der Waals surface area contributed by atoms with Gasteiger partial charge in [-0.25, -0.2) is 0 Å². The highest BCUT2D eigenvalue weighted by molar-refractivity contribution is 7.09. The highest BCUT2D eigenvalue weighted by atomic mass is 32.1. The maximum Gasteiger partial charge on any atom is 0.227 e. The minimum Gasteiger partial charge on any atom is -0.374 e. The molecule has 1 fully saturated rings. The van der Waals surface area contributed by atoms with Crippen molar-refractivity contribution in [3.05, 3.63) is 28.2 Å². The van der Waals surface area contributed by atoms with E-state index in [9.17, 15) is 0 Å². The SMILES string of the molecule is CC(C)C1CN(c2nnc(Cc3cccs3)n2C)CCO1. The van der Waals surface area contributed by atoms with Crippen LogP contribution in [0, 0.1) is 5.92 Å². The van der Waals surface area contributed by atoms with Crippen LogP contribution in [0.2, 0.25) is 0 Å². The first-order valence-electron chi connectivity index (χ1n) is 7.42. The van der Waals surface area contributed by atoms with Crippen molar-refractivity contribution in [2.45, 2.75) is 26.4 Å². The molecule has 0 spiro atoms. The largest absolute Gasteiger partial charge is 0.374 e. The molecule has 6 heteroatoms. The Bertz CT molecular complexity index is 579. The summed E-state index contributed by atoms with van der Waals surface area (Å²) in [6, 6.07) is 4.22. The van der Waals surface area contributed by atoms with Gasteiger partial charge in [0.25, 0.3) is 0 Å². The molecule has 1 atom stereocenters. The summed E-state index contributed by atoms with van der Waals surface area (Å²) >= 11 is 1.76. The molecule has 1 aliphatic heterocycles. The van der Waals surface area contributed by atoms with Crippen molar-refractivity contribution in [3.8, 4) is 0 Å². The van der Waals surface area contributed by atoms with E-state index in [-0.39, 0.29) is 6.10 Å². The van der Waals surface area contributed by atoms with E-state index < -0.39 is 0 Å². The Morgan fingerprint density at radius 2 is 2.29 bits per heavy atom. The van der Waals surface area contributed by atoms with Gasteiger partial charge in [0.05, 0.1) is 12.7 Å². The zero-order valence-corrected chi connectivity index (χ0v) is 13.6. The average Bonchev–Trinajstić information content (AvgIpc) is 3.11. The van der Waals surface area contributed by atoms with Gasteiger partial charge in [0.2, 0.25) is 5.95 Å². The van der Waals surface area contributed by atoms with Crippen molar-refractivity contribution in [2.75, 3.05) is 24.6 Å². The summed E-state index contributed by atoms with van der Waals surface area (Å²) in [6.45, 7) is 6.94. The molecular formula is C15H22N4OS. The Kier molecular flexibility index (Phi) is 4.26. The van der Waals surface area contributed by atoms with Gasteiger partial charge in [0.1, 0.15) is 5.82 Å². The lowest BCUT2D eigenvalue weighted by Gasteiger charge is -2.35. The molecule has 21 heavy (non-hydrogen) atoms. The van der Waals surface area contributed by atoms with Crippen molar-refractivity contribution in [1.82, 2.24) is 14.8 Å². The Hall–Kier alpha value is -1.40. The van der Waals surface area contributed by atoms with Gasteiger partial charge in [0.15, 0.2) is 0 Å². The van der Waals surface area contributed by atoms with E-state index in [1.807, 2.05) is 0 Å². The molecular weight excluding hydrogens is 284 g/mol. The number of rotatable bonds is 4. The third kappa shape index (κ3) is 3.11. The average molecular weight is 306 g/mol. The molecule has 2 aromatic heterocycles. The predicted molar refractivity (Wildman–Crippen MR) is 84.9 cm³/mol. The molecule has 0 radical (unpaired) electrons. The molecule has 1 aliphatic rings. The van der Waals surface area contributed by atoms with Gasteiger partial charge in [-0.15, -0.1) is 21.5 Å². The van der Waals surface area contributed by atoms with Crippen LogP contribution < -0.4 is 4.90 Å². The second-order valence-corrected chi connectivity index (χ2v) is 6.86. The Morgan fingerprint density at radius 1 is 1.43 bits per heavy atom. The van der Waals surface area contributed by atoms with Crippen molar-refractivity contribution in [1.29, 1.82) is 0 Å². The van der Waals surface area contributed by atoms with Crippen LogP contribution >= 0.6 is 11.3 Å². The van der Waals surface area contributed by atoms with E-state index in [4.69, 9.17) is 4.74 Å². The fourth-order valence-corrected chi connectivity index (χ4v) is 3.31. The number of aromatic nitrogens is 3. The molecule has 114 valence electrons. The van der Waals surface area contributed by atoms with Gasteiger partial charge < -0.3 is 14.2 Å². The first-order valence-corrected chi connectivity index (χ1v) is 8.30. The number of hydrogen-bond donors (Lipinski definition) is 0. The third-order valence-electron chi connectivity index (χ3n) is 3.97. The van der Waals surface area contributed by atoms with Crippen LogP contribution in [0.4, 0.5) is 5.95 Å². The van der Waals surface area contributed by atoms with Crippen LogP contribution in [0.1, 0.15) is 24.5 Å². The molecule has 5 nitrogen and oxygen atoms in total. The Balaban J connectivity index is 1.75. The monoisotopic (exact) mass is 306 g/mol. The quantitative estimate of drug-likeness (QED) is 0.869. The van der Waals surface area contributed by atoms with Crippen molar-refractivity contribution in [3.63, 3.8) is 0 Å². The number of anilines is 1. The van der Waals surface area contributed by atoms with Crippen LogP contribution in [0.5, 0.6) is 0 Å². The number of morpholine rings is 1. The van der Waals surface area contributed by atoms with Crippen LogP contribution in [0.3, 0.4) is 0 Å². The molecule has 2 aromatic rings. The number of hydrogen-bond acceptors (Lipinski definition) is 5. The summed E-state index contributed by atoms with van der Waals surface area (Å²) in [5.74, 6) is 2.49. The summed E-state index contributed by atoms with van der Waals surface area (Å²) in [6.07, 6.45) is 1.12. The van der Waals surface area contributed by atoms with E-state index in [1.54, 1.807) is 11.3 Å². The number of nitrogens with zero attached hydrogens (tertiary/aromatic N) is 4. The fraction of sp³-hybridized carbons (Fsp3) is 0.600. The third-order valence-corrected chi connectivity index (χ3v) is 4.85. The number of ether oxygens (including phenoxy) is 1. The van der Waals surface area contributed by atoms with Gasteiger partial charge >= 0.3 is 0 Å². The summed E-state index contributed by atoms with van der Waals surface area (Å²) in [4.78, 5) is 3.61. The van der Waals surface area contributed by atoms with Gasteiger partial charge in [-0.05, 0) is 17.4 Å². The highest BCUT2D eigenvalue weighted by Gasteiger charge is 2.26. The zero-order chi connectivity index (χ0) is 14.8. The molecule has 1 saturated heterocycles. The first kappa shape index (κ1) is 14.5. The van der Waals surface area contributed by atoms with Crippen molar-refractivity contribution in [2.24, 2.45) is 13.0 Å². The maximum atomic E-state index is 5.83. The molecule has 0 amide bonds. The van der Waals surface area contributed by atoms with Crippen LogP contribution in [0.15, 0.2) is 17.5 Å². The van der Waals surface area contributed by atoms with E-state index in [0.717, 1.165) is 37.9 Å². The normalized spacial score (nSPS) is 19.4. The second-order valence-electron chi connectivity index (χ2n) is 5.83. The standard InChI is InChI=1S/C15H22N4OS/c1-11(2)13-10-19(6-7-20-13)15-17-16-14(18(15)3)9-12-5-4-8-21-12/h4-5,8,11,13H,6-7,9-10H2,1-3H3. The van der Waals surface area contributed by atoms with E-state index in [1.165, 1.54) is 4.88 Å². The second kappa shape index (κ2) is 6.15. The Labute approximate surface area is 129 Å². The van der Waals surface area contributed by atoms with Crippen molar-refractivity contribution >= 4 is 17.3 Å². The molecule has 3 heterocycles. The molecule has 0 saturated carbocycles. The van der Waals surface area contributed by atoms with Crippen LogP contribution in [-0.2, 0) is 18.2 Å². The van der Waals surface area contributed by atoms with Crippen LogP contribution in [0.25, 0.3) is 0 Å². The van der Waals surface area contributed by atoms with Gasteiger partial charge in [-0.1, -0.05) is 19.9 Å². The maximum absolute atomic E-state index is 5.83. The van der Waals surface area contributed by atoms with Crippen molar-refractivity contribution < 1.29 is 4.74 Å². The van der Waals surface area contributed by atoms with Gasteiger partial charge in [0, 0.05) is 31.4 Å². The molecule has 0 aliphatic carbocycles. The number of thiophene rings is 1. The topological polar surface area (TPSA) is 43.2 Å². The zero-order valence-electron chi connectivity index (χ0n) is 12.8. The molecule has 3 rings (SSSR count). The lowest BCUT2D eigenvalue weighted by Crippen LogP contribution is -2.45. The smallest absolute Gasteiger partial charge is 0.227 e. The predicted octanol–water partition coefficient (Wildman–Crippen LogP) is 2.33. The van der Waals surface area contributed by atoms with E-state index in [2.05, 4.69) is 58.1 Å². The van der Waals surface area contributed by atoms with Gasteiger partial charge in [-0.2, -0.15) is 0 Å². The summed E-state index contributed by atoms with van der Waals surface area (Å²) in [5.41, 5.74) is 0. The fourth-order valence-electron chi connectivity index (χ4n) is 2.61. The van der Waals surface area contributed by atoms with Gasteiger partial charge in [-0.3, -0.25) is 0 Å². The first-order chi connectivity index (χ1) is 10.1. The summed E-state index contributed by atoms with van der Waals surface area (Å²) < 4.78 is 7.94. The summed E-state index contributed by atoms with van der Waals surface area (Å²) in [7, 11) is 2.05. The van der Waals surface area contributed by atoms with Crippen LogP contribution in [-0.4, -0.2) is 40.6 Å². The minimum atomic E-state index is 0.274. The Morgan fingerprint density at radius 3 is 3.00 bits per heavy atom. The highest BCUT2D eigenvalue weighted by Crippen LogP contribution is 2.21. The molecule has 0 bridgehead atoms. The lowest BCUT2D eigenvalue weighted by molar-refractivity contribution is 0.0107. The van der Waals surface area contributed by atoms with E-state index >= 15 is 0 Å². The molecule has 1 unspecified atom stereocenters. The summed E-state index contributed by atoms with van der Waals surface area (Å²) in [5, 5.41) is 10.9. The minimum absolute atomic E-state index is 0.274. The lowest BCUT2D eigenvalue weighted by atomic mass is 10.1.